The largest absolute Gasteiger partial charge is 0.454 e. The summed E-state index contributed by atoms with van der Waals surface area (Å²) in [6, 6.07) is 32.8. The topological polar surface area (TPSA) is 24.8 Å². The normalized spacial score (nSPS) is 15.5. The smallest absolute Gasteiger partial charge is 0.165 e. The van der Waals surface area contributed by atoms with E-state index in [1.807, 2.05) is 71.7 Å². The Kier molecular flexibility index (Phi) is 5.42. The molecule has 0 spiro atoms. The Morgan fingerprint density at radius 2 is 1.53 bits per heavy atom. The van der Waals surface area contributed by atoms with Crippen molar-refractivity contribution >= 4 is 11.4 Å². The lowest BCUT2D eigenvalue weighted by molar-refractivity contribution is 0.440. The molecule has 1 aliphatic rings. The third-order valence-electron chi connectivity index (χ3n) is 5.63. The van der Waals surface area contributed by atoms with Gasteiger partial charge in [0.2, 0.25) is 0 Å². The molecule has 0 radical (unpaired) electrons. The average molecular weight is 423 g/mol. The predicted octanol–water partition coefficient (Wildman–Crippen LogP) is 7.28. The minimum absolute atomic E-state index is 0.0626. The maximum Gasteiger partial charge on any atom is 0.165 e. The molecule has 1 aliphatic heterocycles. The second kappa shape index (κ2) is 8.67. The number of hydrogen-bond donors (Lipinski definition) is 0. The molecule has 0 fully saturated rings. The van der Waals surface area contributed by atoms with Gasteiger partial charge in [0.15, 0.2) is 11.6 Å². The van der Waals surface area contributed by atoms with Gasteiger partial charge in [-0.15, -0.1) is 0 Å². The van der Waals surface area contributed by atoms with E-state index in [0.29, 0.717) is 12.2 Å². The second-order valence-corrected chi connectivity index (χ2v) is 7.92. The summed E-state index contributed by atoms with van der Waals surface area (Å²) in [5.74, 6) is 0.429. The predicted molar refractivity (Wildman–Crippen MR) is 127 cm³/mol. The van der Waals surface area contributed by atoms with Crippen molar-refractivity contribution in [2.75, 3.05) is 5.01 Å². The first-order chi connectivity index (χ1) is 15.7. The highest BCUT2D eigenvalue weighted by molar-refractivity contribution is 6.03. The zero-order valence-corrected chi connectivity index (χ0v) is 17.8. The van der Waals surface area contributed by atoms with Crippen LogP contribution >= 0.6 is 0 Å². The van der Waals surface area contributed by atoms with Crippen LogP contribution in [0.4, 0.5) is 10.1 Å². The third kappa shape index (κ3) is 4.12. The lowest BCUT2D eigenvalue weighted by atomic mass is 9.97. The molecule has 4 aromatic rings. The fourth-order valence-electron chi connectivity index (χ4n) is 3.93. The standard InChI is InChI=1S/C28H23FN2O/c1-20-12-14-21(15-13-20)26-19-27(31(30-26)23-8-4-2-5-9-23)22-16-17-25(29)28(18-22)32-24-10-6-3-7-11-24/h2-18,27H,19H2,1H3/t27-/m0/s1. The number of nitrogens with zero attached hydrogens (tertiary/aromatic N) is 2. The molecular formula is C28H23FN2O. The van der Waals surface area contributed by atoms with Crippen LogP contribution in [-0.2, 0) is 0 Å². The van der Waals surface area contributed by atoms with Gasteiger partial charge in [0.05, 0.1) is 17.4 Å². The van der Waals surface area contributed by atoms with Gasteiger partial charge < -0.3 is 4.74 Å². The molecule has 32 heavy (non-hydrogen) atoms. The summed E-state index contributed by atoms with van der Waals surface area (Å²) < 4.78 is 20.4. The van der Waals surface area contributed by atoms with Gasteiger partial charge in [-0.1, -0.05) is 72.3 Å². The summed E-state index contributed by atoms with van der Waals surface area (Å²) in [4.78, 5) is 0. The van der Waals surface area contributed by atoms with Crippen LogP contribution < -0.4 is 9.75 Å². The van der Waals surface area contributed by atoms with Crippen LogP contribution in [-0.4, -0.2) is 5.71 Å². The van der Waals surface area contributed by atoms with E-state index in [0.717, 1.165) is 22.5 Å². The summed E-state index contributed by atoms with van der Waals surface area (Å²) in [7, 11) is 0. The van der Waals surface area contributed by atoms with Crippen LogP contribution in [0.25, 0.3) is 0 Å². The first-order valence-electron chi connectivity index (χ1n) is 10.7. The number of ether oxygens (including phenoxy) is 1. The van der Waals surface area contributed by atoms with E-state index in [1.54, 1.807) is 6.07 Å². The van der Waals surface area contributed by atoms with E-state index < -0.39 is 0 Å². The highest BCUT2D eigenvalue weighted by Crippen LogP contribution is 2.38. The third-order valence-corrected chi connectivity index (χ3v) is 5.63. The quantitative estimate of drug-likeness (QED) is 0.337. The molecule has 0 unspecified atom stereocenters. The molecule has 4 aromatic carbocycles. The summed E-state index contributed by atoms with van der Waals surface area (Å²) >= 11 is 0. The Balaban J connectivity index is 1.51. The fourth-order valence-corrected chi connectivity index (χ4v) is 3.93. The Labute approximate surface area is 187 Å². The van der Waals surface area contributed by atoms with Crippen LogP contribution in [0.3, 0.4) is 0 Å². The number of benzene rings is 4. The number of para-hydroxylation sites is 2. The number of aryl methyl sites for hydroxylation is 1. The van der Waals surface area contributed by atoms with E-state index in [-0.39, 0.29) is 17.6 Å². The summed E-state index contributed by atoms with van der Waals surface area (Å²) in [5, 5.41) is 6.99. The highest BCUT2D eigenvalue weighted by atomic mass is 19.1. The van der Waals surface area contributed by atoms with Gasteiger partial charge in [-0.2, -0.15) is 5.10 Å². The van der Waals surface area contributed by atoms with Crippen molar-refractivity contribution in [3.8, 4) is 11.5 Å². The number of anilines is 1. The molecule has 0 bridgehead atoms. The maximum absolute atomic E-state index is 14.6. The number of halogens is 1. The number of rotatable bonds is 5. The molecule has 1 atom stereocenters. The van der Waals surface area contributed by atoms with Crippen LogP contribution in [0.2, 0.25) is 0 Å². The highest BCUT2D eigenvalue weighted by Gasteiger charge is 2.30. The van der Waals surface area contributed by atoms with Gasteiger partial charge in [0, 0.05) is 6.42 Å². The summed E-state index contributed by atoms with van der Waals surface area (Å²) in [5.41, 5.74) is 5.27. The van der Waals surface area contributed by atoms with Crippen LogP contribution in [0, 0.1) is 12.7 Å². The Morgan fingerprint density at radius 3 is 2.25 bits per heavy atom. The molecule has 0 aromatic heterocycles. The molecule has 0 N–H and O–H groups in total. The molecule has 5 rings (SSSR count). The maximum atomic E-state index is 14.6. The molecular weight excluding hydrogens is 399 g/mol. The van der Waals surface area contributed by atoms with Crippen LogP contribution in [0.1, 0.15) is 29.2 Å². The SMILES string of the molecule is Cc1ccc(C2=NN(c3ccccc3)[C@H](c3ccc(F)c(Oc4ccccc4)c3)C2)cc1. The van der Waals surface area contributed by atoms with Gasteiger partial charge in [0.1, 0.15) is 5.75 Å². The fraction of sp³-hybridized carbons (Fsp3) is 0.107. The van der Waals surface area contributed by atoms with Crippen molar-refractivity contribution in [1.82, 2.24) is 0 Å². The monoisotopic (exact) mass is 422 g/mol. The van der Waals surface area contributed by atoms with Gasteiger partial charge >= 0.3 is 0 Å². The van der Waals surface area contributed by atoms with Gasteiger partial charge in [0.25, 0.3) is 0 Å². The molecule has 0 saturated heterocycles. The minimum atomic E-state index is -0.387. The lowest BCUT2D eigenvalue weighted by Crippen LogP contribution is -2.18. The summed E-state index contributed by atoms with van der Waals surface area (Å²) in [6.07, 6.45) is 0.717. The Bertz CT molecular complexity index is 1240. The first kappa shape index (κ1) is 20.0. The zero-order valence-electron chi connectivity index (χ0n) is 17.8. The molecule has 0 aliphatic carbocycles. The molecule has 3 nitrogen and oxygen atoms in total. The molecule has 0 amide bonds. The van der Waals surface area contributed by atoms with Crippen molar-refractivity contribution in [2.45, 2.75) is 19.4 Å². The Hall–Kier alpha value is -3.92. The van der Waals surface area contributed by atoms with Crippen LogP contribution in [0.15, 0.2) is 108 Å². The van der Waals surface area contributed by atoms with E-state index >= 15 is 0 Å². The van der Waals surface area contributed by atoms with Gasteiger partial charge in [-0.25, -0.2) is 4.39 Å². The van der Waals surface area contributed by atoms with Crippen molar-refractivity contribution < 1.29 is 9.13 Å². The molecule has 158 valence electrons. The first-order valence-corrected chi connectivity index (χ1v) is 10.7. The lowest BCUT2D eigenvalue weighted by Gasteiger charge is -2.24. The van der Waals surface area contributed by atoms with E-state index in [1.165, 1.54) is 11.6 Å². The van der Waals surface area contributed by atoms with E-state index in [9.17, 15) is 4.39 Å². The molecule has 1 heterocycles. The van der Waals surface area contributed by atoms with Gasteiger partial charge in [-0.05, 0) is 54.4 Å². The van der Waals surface area contributed by atoms with E-state index in [2.05, 4.69) is 31.2 Å². The number of hydrogen-bond acceptors (Lipinski definition) is 3. The molecule has 0 saturated carbocycles. The number of hydrazone groups is 1. The zero-order chi connectivity index (χ0) is 21.9. The summed E-state index contributed by atoms with van der Waals surface area (Å²) in [6.45, 7) is 2.08. The van der Waals surface area contributed by atoms with Crippen molar-refractivity contribution in [2.24, 2.45) is 5.10 Å². The van der Waals surface area contributed by atoms with E-state index in [4.69, 9.17) is 9.84 Å². The molecule has 4 heteroatoms. The van der Waals surface area contributed by atoms with Crippen molar-refractivity contribution in [1.29, 1.82) is 0 Å². The van der Waals surface area contributed by atoms with Crippen molar-refractivity contribution in [3.05, 3.63) is 126 Å². The van der Waals surface area contributed by atoms with Crippen molar-refractivity contribution in [3.63, 3.8) is 0 Å². The van der Waals surface area contributed by atoms with Gasteiger partial charge in [-0.3, -0.25) is 5.01 Å². The average Bonchev–Trinajstić information content (AvgIpc) is 3.28. The minimum Gasteiger partial charge on any atom is -0.454 e. The van der Waals surface area contributed by atoms with Crippen LogP contribution in [0.5, 0.6) is 11.5 Å². The Morgan fingerprint density at radius 1 is 0.844 bits per heavy atom. The second-order valence-electron chi connectivity index (χ2n) is 7.92.